The molecular formula is C18H19N. The molecule has 2 aromatic carbocycles. The SMILES string of the molecule is CCCC12NC(Cc3ccccc31)c1ccccc12. The minimum atomic E-state index is 0.0604. The first-order valence-corrected chi connectivity index (χ1v) is 7.30. The Morgan fingerprint density at radius 3 is 2.63 bits per heavy atom. The van der Waals surface area contributed by atoms with Crippen molar-refractivity contribution in [1.29, 1.82) is 0 Å². The maximum Gasteiger partial charge on any atom is 0.0701 e. The van der Waals surface area contributed by atoms with E-state index in [1.165, 1.54) is 35.1 Å². The van der Waals surface area contributed by atoms with Gasteiger partial charge in [0, 0.05) is 6.04 Å². The van der Waals surface area contributed by atoms with E-state index in [1.54, 1.807) is 0 Å². The third-order valence-corrected chi connectivity index (χ3v) is 4.74. The van der Waals surface area contributed by atoms with Gasteiger partial charge in [0.2, 0.25) is 0 Å². The van der Waals surface area contributed by atoms with Gasteiger partial charge in [-0.25, -0.2) is 0 Å². The van der Waals surface area contributed by atoms with Gasteiger partial charge >= 0.3 is 0 Å². The Morgan fingerprint density at radius 1 is 1.05 bits per heavy atom. The molecule has 0 saturated heterocycles. The molecule has 4 rings (SSSR count). The molecule has 2 aliphatic rings. The van der Waals surface area contributed by atoms with Crippen molar-refractivity contribution in [1.82, 2.24) is 5.32 Å². The molecule has 0 amide bonds. The van der Waals surface area contributed by atoms with Gasteiger partial charge in [0.1, 0.15) is 0 Å². The van der Waals surface area contributed by atoms with Crippen LogP contribution >= 0.6 is 0 Å². The molecule has 2 aromatic rings. The molecule has 1 N–H and O–H groups in total. The van der Waals surface area contributed by atoms with Crippen molar-refractivity contribution < 1.29 is 0 Å². The number of hydrogen-bond acceptors (Lipinski definition) is 1. The van der Waals surface area contributed by atoms with Crippen LogP contribution in [0.4, 0.5) is 0 Å². The van der Waals surface area contributed by atoms with Crippen LogP contribution in [0.5, 0.6) is 0 Å². The summed E-state index contributed by atoms with van der Waals surface area (Å²) in [6.45, 7) is 2.28. The highest BCUT2D eigenvalue weighted by Crippen LogP contribution is 2.50. The minimum Gasteiger partial charge on any atom is -0.296 e. The lowest BCUT2D eigenvalue weighted by atomic mass is 9.78. The summed E-state index contributed by atoms with van der Waals surface area (Å²) in [7, 11) is 0. The monoisotopic (exact) mass is 249 g/mol. The summed E-state index contributed by atoms with van der Waals surface area (Å²) in [5, 5.41) is 3.93. The third-order valence-electron chi connectivity index (χ3n) is 4.74. The normalized spacial score (nSPS) is 26.9. The minimum absolute atomic E-state index is 0.0604. The zero-order chi connectivity index (χ0) is 12.9. The summed E-state index contributed by atoms with van der Waals surface area (Å²) >= 11 is 0. The van der Waals surface area contributed by atoms with Crippen molar-refractivity contribution in [3.8, 4) is 0 Å². The van der Waals surface area contributed by atoms with Gasteiger partial charge in [-0.2, -0.15) is 0 Å². The second kappa shape index (κ2) is 3.94. The molecule has 2 aliphatic heterocycles. The molecule has 0 aromatic heterocycles. The molecule has 0 fully saturated rings. The summed E-state index contributed by atoms with van der Waals surface area (Å²) in [4.78, 5) is 0. The number of hydrogen-bond donors (Lipinski definition) is 1. The highest BCUT2D eigenvalue weighted by molar-refractivity contribution is 5.54. The quantitative estimate of drug-likeness (QED) is 0.850. The van der Waals surface area contributed by atoms with E-state index >= 15 is 0 Å². The van der Waals surface area contributed by atoms with E-state index in [1.807, 2.05) is 0 Å². The van der Waals surface area contributed by atoms with E-state index in [4.69, 9.17) is 0 Å². The fourth-order valence-corrected chi connectivity index (χ4v) is 4.08. The lowest BCUT2D eigenvalue weighted by molar-refractivity contribution is 0.335. The van der Waals surface area contributed by atoms with Gasteiger partial charge in [-0.1, -0.05) is 61.9 Å². The Kier molecular flexibility index (Phi) is 2.33. The lowest BCUT2D eigenvalue weighted by Gasteiger charge is -2.37. The van der Waals surface area contributed by atoms with Gasteiger partial charge in [-0.15, -0.1) is 0 Å². The van der Waals surface area contributed by atoms with Crippen LogP contribution in [-0.4, -0.2) is 0 Å². The maximum absolute atomic E-state index is 3.93. The Bertz CT molecular complexity index is 618. The molecule has 2 unspecified atom stereocenters. The molecule has 0 radical (unpaired) electrons. The van der Waals surface area contributed by atoms with Crippen molar-refractivity contribution in [2.24, 2.45) is 0 Å². The largest absolute Gasteiger partial charge is 0.296 e. The molecule has 2 atom stereocenters. The van der Waals surface area contributed by atoms with E-state index in [0.29, 0.717) is 6.04 Å². The Morgan fingerprint density at radius 2 is 1.79 bits per heavy atom. The average molecular weight is 249 g/mol. The molecule has 0 spiro atoms. The van der Waals surface area contributed by atoms with Crippen molar-refractivity contribution in [3.05, 3.63) is 70.8 Å². The molecular weight excluding hydrogens is 230 g/mol. The fourth-order valence-electron chi connectivity index (χ4n) is 4.08. The highest BCUT2D eigenvalue weighted by atomic mass is 15.1. The van der Waals surface area contributed by atoms with Gasteiger partial charge < -0.3 is 0 Å². The first-order chi connectivity index (χ1) is 9.35. The van der Waals surface area contributed by atoms with Crippen molar-refractivity contribution in [3.63, 3.8) is 0 Å². The van der Waals surface area contributed by atoms with Crippen LogP contribution in [0.25, 0.3) is 0 Å². The Hall–Kier alpha value is -1.60. The van der Waals surface area contributed by atoms with E-state index in [2.05, 4.69) is 60.8 Å². The van der Waals surface area contributed by atoms with Crippen molar-refractivity contribution in [2.45, 2.75) is 37.8 Å². The topological polar surface area (TPSA) is 12.0 Å². The van der Waals surface area contributed by atoms with E-state index in [-0.39, 0.29) is 5.54 Å². The van der Waals surface area contributed by atoms with E-state index in [9.17, 15) is 0 Å². The summed E-state index contributed by atoms with van der Waals surface area (Å²) in [6.07, 6.45) is 3.50. The lowest BCUT2D eigenvalue weighted by Crippen LogP contribution is -2.43. The molecule has 2 bridgehead atoms. The smallest absolute Gasteiger partial charge is 0.0701 e. The van der Waals surface area contributed by atoms with Gasteiger partial charge in [0.05, 0.1) is 5.54 Å². The summed E-state index contributed by atoms with van der Waals surface area (Å²) in [5.41, 5.74) is 6.10. The second-order valence-electron chi connectivity index (χ2n) is 5.80. The molecule has 1 heteroatoms. The van der Waals surface area contributed by atoms with Crippen LogP contribution in [0.3, 0.4) is 0 Å². The van der Waals surface area contributed by atoms with Crippen LogP contribution in [-0.2, 0) is 12.0 Å². The molecule has 0 saturated carbocycles. The summed E-state index contributed by atoms with van der Waals surface area (Å²) in [5.74, 6) is 0. The Balaban J connectivity index is 2.01. The molecule has 2 heterocycles. The fraction of sp³-hybridized carbons (Fsp3) is 0.333. The number of rotatable bonds is 2. The first-order valence-electron chi connectivity index (χ1n) is 7.30. The van der Waals surface area contributed by atoms with Crippen LogP contribution in [0, 0.1) is 0 Å². The van der Waals surface area contributed by atoms with Crippen molar-refractivity contribution in [2.75, 3.05) is 0 Å². The van der Waals surface area contributed by atoms with E-state index in [0.717, 1.165) is 6.42 Å². The first kappa shape index (κ1) is 11.2. The summed E-state index contributed by atoms with van der Waals surface area (Å²) < 4.78 is 0. The zero-order valence-corrected chi connectivity index (χ0v) is 11.3. The maximum atomic E-state index is 3.93. The number of benzene rings is 2. The number of nitrogens with one attached hydrogen (secondary N) is 1. The zero-order valence-electron chi connectivity index (χ0n) is 11.3. The third kappa shape index (κ3) is 1.39. The summed E-state index contributed by atoms with van der Waals surface area (Å²) in [6, 6.07) is 18.4. The second-order valence-corrected chi connectivity index (χ2v) is 5.80. The predicted octanol–water partition coefficient (Wildman–Crippen LogP) is 3.93. The van der Waals surface area contributed by atoms with Gasteiger partial charge in [-0.3, -0.25) is 5.32 Å². The molecule has 1 nitrogen and oxygen atoms in total. The molecule has 19 heavy (non-hydrogen) atoms. The van der Waals surface area contributed by atoms with Gasteiger partial charge in [0.25, 0.3) is 0 Å². The van der Waals surface area contributed by atoms with Crippen LogP contribution in [0.15, 0.2) is 48.5 Å². The Labute approximate surface area is 114 Å². The predicted molar refractivity (Wildman–Crippen MR) is 78.2 cm³/mol. The van der Waals surface area contributed by atoms with Crippen LogP contribution < -0.4 is 5.32 Å². The van der Waals surface area contributed by atoms with Crippen LogP contribution in [0.2, 0.25) is 0 Å². The highest BCUT2D eigenvalue weighted by Gasteiger charge is 2.47. The van der Waals surface area contributed by atoms with Crippen molar-refractivity contribution >= 4 is 0 Å². The standard InChI is InChI=1S/C18H19N/c1-2-11-18-15-9-5-3-7-13(15)12-17(19-18)14-8-4-6-10-16(14)18/h3-10,17,19H,2,11-12H2,1H3. The van der Waals surface area contributed by atoms with Crippen LogP contribution in [0.1, 0.15) is 48.1 Å². The van der Waals surface area contributed by atoms with E-state index < -0.39 is 0 Å². The van der Waals surface area contributed by atoms with Gasteiger partial charge in [0.15, 0.2) is 0 Å². The number of fused-ring (bicyclic) bond motifs is 7. The van der Waals surface area contributed by atoms with Gasteiger partial charge in [-0.05, 0) is 35.1 Å². The average Bonchev–Trinajstić information content (AvgIpc) is 2.71. The molecule has 96 valence electrons. The molecule has 0 aliphatic carbocycles.